The highest BCUT2D eigenvalue weighted by Crippen LogP contribution is 2.27. The Labute approximate surface area is 142 Å². The number of nitrogens with zero attached hydrogens (tertiary/aromatic N) is 1. The van der Waals surface area contributed by atoms with Crippen LogP contribution in [0.5, 0.6) is 5.75 Å². The monoisotopic (exact) mass is 354 g/mol. The van der Waals surface area contributed by atoms with Crippen molar-refractivity contribution in [3.8, 4) is 5.75 Å². The fourth-order valence-corrected chi connectivity index (χ4v) is 2.35. The minimum atomic E-state index is -0.950. The molecule has 0 saturated heterocycles. The van der Waals surface area contributed by atoms with Gasteiger partial charge < -0.3 is 10.1 Å². The second-order valence-electron chi connectivity index (χ2n) is 4.63. The molecule has 2 aromatic rings. The number of carbonyl (C=O) groups is 1. The molecule has 120 valence electrons. The molecule has 23 heavy (non-hydrogen) atoms. The number of rotatable bonds is 5. The normalized spacial score (nSPS) is 11.6. The summed E-state index contributed by atoms with van der Waals surface area (Å²) in [4.78, 5) is 22.5. The average Bonchev–Trinajstić information content (AvgIpc) is 2.46. The highest BCUT2D eigenvalue weighted by molar-refractivity contribution is 6.35. The second-order valence-corrected chi connectivity index (χ2v) is 5.51. The molecule has 1 atom stereocenters. The first kappa shape index (κ1) is 17.1. The maximum atomic E-state index is 12.1. The minimum absolute atomic E-state index is 0.0178. The number of nitro benzene ring substituents is 1. The van der Waals surface area contributed by atoms with E-state index in [2.05, 4.69) is 5.32 Å². The van der Waals surface area contributed by atoms with Crippen molar-refractivity contribution in [1.29, 1.82) is 0 Å². The predicted molar refractivity (Wildman–Crippen MR) is 88.3 cm³/mol. The number of halogens is 2. The van der Waals surface area contributed by atoms with E-state index in [4.69, 9.17) is 27.9 Å². The van der Waals surface area contributed by atoms with Gasteiger partial charge in [0.2, 0.25) is 0 Å². The molecule has 1 amide bonds. The summed E-state index contributed by atoms with van der Waals surface area (Å²) in [7, 11) is 0. The van der Waals surface area contributed by atoms with Crippen molar-refractivity contribution in [1.82, 2.24) is 0 Å². The SMILES string of the molecule is C[C@H](Oc1ccccc1[N+](=O)[O-])C(=O)Nc1cc(Cl)cc(Cl)c1. The Bertz CT molecular complexity index is 732. The molecule has 0 aliphatic rings. The van der Waals surface area contributed by atoms with Gasteiger partial charge in [-0.25, -0.2) is 0 Å². The Balaban J connectivity index is 2.10. The number of carbonyl (C=O) groups excluding carboxylic acids is 1. The number of para-hydroxylation sites is 2. The van der Waals surface area contributed by atoms with Gasteiger partial charge in [-0.15, -0.1) is 0 Å². The molecule has 2 rings (SSSR count). The van der Waals surface area contributed by atoms with Crippen molar-refractivity contribution >= 4 is 40.5 Å². The van der Waals surface area contributed by atoms with Crippen LogP contribution in [-0.2, 0) is 4.79 Å². The lowest BCUT2D eigenvalue weighted by Crippen LogP contribution is -2.30. The Morgan fingerprint density at radius 3 is 2.43 bits per heavy atom. The van der Waals surface area contributed by atoms with Crippen molar-refractivity contribution in [2.45, 2.75) is 13.0 Å². The van der Waals surface area contributed by atoms with Crippen LogP contribution in [0.25, 0.3) is 0 Å². The van der Waals surface area contributed by atoms with E-state index in [0.29, 0.717) is 15.7 Å². The molecular weight excluding hydrogens is 343 g/mol. The molecular formula is C15H12Cl2N2O4. The maximum Gasteiger partial charge on any atom is 0.310 e. The van der Waals surface area contributed by atoms with E-state index in [1.807, 2.05) is 0 Å². The van der Waals surface area contributed by atoms with Crippen LogP contribution in [0.15, 0.2) is 42.5 Å². The molecule has 0 spiro atoms. The predicted octanol–water partition coefficient (Wildman–Crippen LogP) is 4.31. The van der Waals surface area contributed by atoms with Crippen LogP contribution in [0.4, 0.5) is 11.4 Å². The van der Waals surface area contributed by atoms with Gasteiger partial charge in [-0.3, -0.25) is 14.9 Å². The number of hydrogen-bond donors (Lipinski definition) is 1. The zero-order valence-electron chi connectivity index (χ0n) is 12.0. The zero-order chi connectivity index (χ0) is 17.0. The number of ether oxygens (including phenoxy) is 1. The number of nitro groups is 1. The van der Waals surface area contributed by atoms with Gasteiger partial charge in [0.1, 0.15) is 0 Å². The molecule has 1 N–H and O–H groups in total. The molecule has 0 aliphatic heterocycles. The average molecular weight is 355 g/mol. The van der Waals surface area contributed by atoms with Gasteiger partial charge in [0.25, 0.3) is 5.91 Å². The van der Waals surface area contributed by atoms with Crippen LogP contribution >= 0.6 is 23.2 Å². The van der Waals surface area contributed by atoms with E-state index in [1.54, 1.807) is 6.07 Å². The third-order valence-electron chi connectivity index (χ3n) is 2.87. The van der Waals surface area contributed by atoms with E-state index < -0.39 is 16.9 Å². The number of hydrogen-bond acceptors (Lipinski definition) is 4. The molecule has 0 unspecified atom stereocenters. The lowest BCUT2D eigenvalue weighted by molar-refractivity contribution is -0.386. The zero-order valence-corrected chi connectivity index (χ0v) is 13.5. The quantitative estimate of drug-likeness (QED) is 0.640. The summed E-state index contributed by atoms with van der Waals surface area (Å²) in [6.45, 7) is 1.48. The summed E-state index contributed by atoms with van der Waals surface area (Å²) < 4.78 is 5.38. The van der Waals surface area contributed by atoms with E-state index in [9.17, 15) is 14.9 Å². The van der Waals surface area contributed by atoms with Gasteiger partial charge in [0.05, 0.1) is 4.92 Å². The highest BCUT2D eigenvalue weighted by Gasteiger charge is 2.20. The van der Waals surface area contributed by atoms with E-state index in [1.165, 1.54) is 43.3 Å². The number of amides is 1. The fraction of sp³-hybridized carbons (Fsp3) is 0.133. The summed E-state index contributed by atoms with van der Waals surface area (Å²) in [5, 5.41) is 14.3. The lowest BCUT2D eigenvalue weighted by Gasteiger charge is -2.15. The first-order valence-electron chi connectivity index (χ1n) is 6.54. The van der Waals surface area contributed by atoms with Gasteiger partial charge in [-0.1, -0.05) is 35.3 Å². The van der Waals surface area contributed by atoms with Gasteiger partial charge in [0.15, 0.2) is 11.9 Å². The van der Waals surface area contributed by atoms with Crippen LogP contribution in [0.2, 0.25) is 10.0 Å². The summed E-state index contributed by atoms with van der Waals surface area (Å²) in [5.41, 5.74) is 0.198. The smallest absolute Gasteiger partial charge is 0.310 e. The molecule has 8 heteroatoms. The molecule has 6 nitrogen and oxygen atoms in total. The Morgan fingerprint density at radius 2 is 1.83 bits per heavy atom. The number of nitrogens with one attached hydrogen (secondary N) is 1. The van der Waals surface area contributed by atoms with E-state index in [0.717, 1.165) is 0 Å². The summed E-state index contributed by atoms with van der Waals surface area (Å²) in [6.07, 6.45) is -0.950. The Kier molecular flexibility index (Phi) is 5.41. The first-order valence-corrected chi connectivity index (χ1v) is 7.29. The summed E-state index contributed by atoms with van der Waals surface area (Å²) >= 11 is 11.7. The van der Waals surface area contributed by atoms with Crippen molar-refractivity contribution in [2.75, 3.05) is 5.32 Å². The van der Waals surface area contributed by atoms with E-state index >= 15 is 0 Å². The molecule has 0 radical (unpaired) electrons. The maximum absolute atomic E-state index is 12.1. The molecule has 0 fully saturated rings. The third-order valence-corrected chi connectivity index (χ3v) is 3.30. The Morgan fingerprint density at radius 1 is 1.22 bits per heavy atom. The van der Waals surface area contributed by atoms with Gasteiger partial charge >= 0.3 is 5.69 Å². The molecule has 0 aromatic heterocycles. The van der Waals surface area contributed by atoms with Crippen molar-refractivity contribution in [3.05, 3.63) is 62.6 Å². The van der Waals surface area contributed by atoms with Crippen molar-refractivity contribution < 1.29 is 14.5 Å². The molecule has 0 saturated carbocycles. The lowest BCUT2D eigenvalue weighted by atomic mass is 10.2. The molecule has 0 bridgehead atoms. The van der Waals surface area contributed by atoms with Gasteiger partial charge in [0, 0.05) is 21.8 Å². The molecule has 0 heterocycles. The second kappa shape index (κ2) is 7.30. The Hall–Kier alpha value is -2.31. The fourth-order valence-electron chi connectivity index (χ4n) is 1.82. The molecule has 2 aromatic carbocycles. The van der Waals surface area contributed by atoms with Crippen molar-refractivity contribution in [2.24, 2.45) is 0 Å². The van der Waals surface area contributed by atoms with Crippen molar-refractivity contribution in [3.63, 3.8) is 0 Å². The van der Waals surface area contributed by atoms with Crippen LogP contribution in [0.3, 0.4) is 0 Å². The van der Waals surface area contributed by atoms with Crippen LogP contribution < -0.4 is 10.1 Å². The standard InChI is InChI=1S/C15H12Cl2N2O4/c1-9(23-14-5-3-2-4-13(14)19(21)22)15(20)18-12-7-10(16)6-11(17)8-12/h2-9H,1H3,(H,18,20)/t9-/m0/s1. The number of anilines is 1. The van der Waals surface area contributed by atoms with E-state index in [-0.39, 0.29) is 11.4 Å². The summed E-state index contributed by atoms with van der Waals surface area (Å²) in [6, 6.07) is 10.4. The first-order chi connectivity index (χ1) is 10.9. The molecule has 0 aliphatic carbocycles. The van der Waals surface area contributed by atoms with Gasteiger partial charge in [-0.05, 0) is 31.2 Å². The highest BCUT2D eigenvalue weighted by atomic mass is 35.5. The number of benzene rings is 2. The van der Waals surface area contributed by atoms with Crippen LogP contribution in [0.1, 0.15) is 6.92 Å². The van der Waals surface area contributed by atoms with Gasteiger partial charge in [-0.2, -0.15) is 0 Å². The van der Waals surface area contributed by atoms with Crippen LogP contribution in [0, 0.1) is 10.1 Å². The third kappa shape index (κ3) is 4.58. The largest absolute Gasteiger partial charge is 0.474 e. The van der Waals surface area contributed by atoms with Crippen LogP contribution in [-0.4, -0.2) is 16.9 Å². The minimum Gasteiger partial charge on any atom is -0.474 e. The summed E-state index contributed by atoms with van der Waals surface area (Å²) in [5.74, 6) is -0.467. The topological polar surface area (TPSA) is 81.5 Å².